The third-order valence-electron chi connectivity index (χ3n) is 3.09. The maximum atomic E-state index is 11.4. The van der Waals surface area contributed by atoms with Crippen LogP contribution in [0.3, 0.4) is 0 Å². The molecular weight excluding hydrogens is 190 g/mol. The van der Waals surface area contributed by atoms with Gasteiger partial charge in [0, 0.05) is 26.6 Å². The zero-order chi connectivity index (χ0) is 11.3. The fraction of sp³-hybridized carbons (Fsp3) is 0.818. The van der Waals surface area contributed by atoms with Crippen LogP contribution >= 0.6 is 0 Å². The molecule has 0 saturated heterocycles. The van der Waals surface area contributed by atoms with Crippen LogP contribution in [-0.2, 0) is 4.79 Å². The van der Waals surface area contributed by atoms with E-state index in [1.165, 1.54) is 0 Å². The summed E-state index contributed by atoms with van der Waals surface area (Å²) >= 11 is 0. The van der Waals surface area contributed by atoms with Crippen molar-refractivity contribution in [1.29, 1.82) is 5.26 Å². The van der Waals surface area contributed by atoms with Crippen LogP contribution < -0.4 is 5.32 Å². The molecule has 4 nitrogen and oxygen atoms in total. The summed E-state index contributed by atoms with van der Waals surface area (Å²) in [7, 11) is 1.80. The van der Waals surface area contributed by atoms with E-state index < -0.39 is 0 Å². The third-order valence-corrected chi connectivity index (χ3v) is 3.09. The number of carbonyl (C=O) groups is 1. The fourth-order valence-electron chi connectivity index (χ4n) is 1.51. The van der Waals surface area contributed by atoms with Gasteiger partial charge in [-0.15, -0.1) is 0 Å². The van der Waals surface area contributed by atoms with Gasteiger partial charge < -0.3 is 10.2 Å². The minimum atomic E-state index is 0.116. The number of likely N-dealkylation sites (N-methyl/N-ethyl adjacent to an activating group) is 1. The van der Waals surface area contributed by atoms with Crippen LogP contribution in [-0.4, -0.2) is 37.5 Å². The molecule has 1 N–H and O–H groups in total. The van der Waals surface area contributed by atoms with E-state index in [0.29, 0.717) is 13.0 Å². The molecule has 15 heavy (non-hydrogen) atoms. The first-order valence-corrected chi connectivity index (χ1v) is 5.45. The van der Waals surface area contributed by atoms with Crippen molar-refractivity contribution in [3.63, 3.8) is 0 Å². The number of hydrogen-bond donors (Lipinski definition) is 1. The lowest BCUT2D eigenvalue weighted by Gasteiger charge is -2.16. The van der Waals surface area contributed by atoms with Gasteiger partial charge in [0.2, 0.25) is 5.91 Å². The van der Waals surface area contributed by atoms with E-state index in [9.17, 15) is 4.79 Å². The van der Waals surface area contributed by atoms with Gasteiger partial charge >= 0.3 is 0 Å². The highest BCUT2D eigenvalue weighted by Crippen LogP contribution is 2.47. The number of nitrogens with zero attached hydrogens (tertiary/aromatic N) is 2. The summed E-state index contributed by atoms with van der Waals surface area (Å²) in [6.07, 6.45) is 2.84. The Balaban J connectivity index is 2.17. The number of carbonyl (C=O) groups excluding carboxylic acids is 1. The summed E-state index contributed by atoms with van der Waals surface area (Å²) in [5.74, 6) is 0.116. The van der Waals surface area contributed by atoms with Crippen molar-refractivity contribution in [1.82, 2.24) is 10.2 Å². The Morgan fingerprint density at radius 1 is 1.60 bits per heavy atom. The van der Waals surface area contributed by atoms with Crippen LogP contribution in [0.5, 0.6) is 0 Å². The average Bonchev–Trinajstić information content (AvgIpc) is 2.97. The molecule has 1 aliphatic rings. The maximum Gasteiger partial charge on any atom is 0.236 e. The lowest BCUT2D eigenvalue weighted by Crippen LogP contribution is -2.37. The van der Waals surface area contributed by atoms with Gasteiger partial charge in [-0.1, -0.05) is 0 Å². The standard InChI is InChI=1S/C11H19N3O/c1-3-14(2)10(15)8-13-9-11(4-5-11)6-7-12/h13H,3-6,8-9H2,1-2H3. The Kier molecular flexibility index (Phi) is 4.10. The second-order valence-corrected chi connectivity index (χ2v) is 4.35. The highest BCUT2D eigenvalue weighted by molar-refractivity contribution is 5.77. The highest BCUT2D eigenvalue weighted by atomic mass is 16.2. The van der Waals surface area contributed by atoms with Crippen molar-refractivity contribution < 1.29 is 4.79 Å². The largest absolute Gasteiger partial charge is 0.345 e. The molecule has 4 heteroatoms. The molecule has 84 valence electrons. The number of rotatable bonds is 6. The van der Waals surface area contributed by atoms with Gasteiger partial charge in [0.05, 0.1) is 12.6 Å². The van der Waals surface area contributed by atoms with Crippen molar-refractivity contribution in [2.45, 2.75) is 26.2 Å². The van der Waals surface area contributed by atoms with Crippen LogP contribution in [0, 0.1) is 16.7 Å². The summed E-state index contributed by atoms with van der Waals surface area (Å²) in [5.41, 5.74) is 0.180. The molecule has 0 spiro atoms. The smallest absolute Gasteiger partial charge is 0.236 e. The summed E-state index contributed by atoms with van der Waals surface area (Å²) in [6, 6.07) is 2.21. The number of amides is 1. The monoisotopic (exact) mass is 209 g/mol. The minimum Gasteiger partial charge on any atom is -0.345 e. The molecule has 0 unspecified atom stereocenters. The molecule has 0 atom stereocenters. The van der Waals surface area contributed by atoms with E-state index in [2.05, 4.69) is 11.4 Å². The first-order chi connectivity index (χ1) is 7.13. The van der Waals surface area contributed by atoms with Crippen LogP contribution in [0.4, 0.5) is 0 Å². The predicted molar refractivity (Wildman–Crippen MR) is 58.1 cm³/mol. The van der Waals surface area contributed by atoms with Crippen LogP contribution in [0.15, 0.2) is 0 Å². The molecule has 0 aromatic carbocycles. The van der Waals surface area contributed by atoms with Gasteiger partial charge in [0.15, 0.2) is 0 Å². The Morgan fingerprint density at radius 2 is 2.27 bits per heavy atom. The molecule has 1 aliphatic carbocycles. The highest BCUT2D eigenvalue weighted by Gasteiger charge is 2.41. The van der Waals surface area contributed by atoms with Crippen LogP contribution in [0.1, 0.15) is 26.2 Å². The normalized spacial score (nSPS) is 16.9. The van der Waals surface area contributed by atoms with Crippen molar-refractivity contribution in [3.8, 4) is 6.07 Å². The van der Waals surface area contributed by atoms with Gasteiger partial charge in [-0.2, -0.15) is 5.26 Å². The minimum absolute atomic E-state index is 0.116. The van der Waals surface area contributed by atoms with E-state index in [4.69, 9.17) is 5.26 Å². The van der Waals surface area contributed by atoms with Gasteiger partial charge in [-0.05, 0) is 25.2 Å². The molecule has 1 saturated carbocycles. The summed E-state index contributed by atoms with van der Waals surface area (Å²) in [4.78, 5) is 13.1. The van der Waals surface area contributed by atoms with E-state index in [-0.39, 0.29) is 11.3 Å². The Morgan fingerprint density at radius 3 is 2.73 bits per heavy atom. The SMILES string of the molecule is CCN(C)C(=O)CNCC1(CC#N)CC1. The molecule has 1 rings (SSSR count). The summed E-state index contributed by atoms with van der Waals surface area (Å²) in [5, 5.41) is 11.8. The van der Waals surface area contributed by atoms with Crippen LogP contribution in [0.25, 0.3) is 0 Å². The maximum absolute atomic E-state index is 11.4. The van der Waals surface area contributed by atoms with Crippen molar-refractivity contribution in [2.75, 3.05) is 26.7 Å². The van der Waals surface area contributed by atoms with Gasteiger partial charge in [0.25, 0.3) is 0 Å². The molecule has 0 heterocycles. The topological polar surface area (TPSA) is 56.1 Å². The van der Waals surface area contributed by atoms with Crippen molar-refractivity contribution >= 4 is 5.91 Å². The first-order valence-electron chi connectivity index (χ1n) is 5.45. The van der Waals surface area contributed by atoms with E-state index in [0.717, 1.165) is 25.9 Å². The van der Waals surface area contributed by atoms with E-state index >= 15 is 0 Å². The van der Waals surface area contributed by atoms with E-state index in [1.54, 1.807) is 11.9 Å². The summed E-state index contributed by atoms with van der Waals surface area (Å²) < 4.78 is 0. The molecule has 1 amide bonds. The van der Waals surface area contributed by atoms with Crippen molar-refractivity contribution in [2.24, 2.45) is 5.41 Å². The second-order valence-electron chi connectivity index (χ2n) is 4.35. The Hall–Kier alpha value is -1.08. The molecule has 1 fully saturated rings. The number of hydrogen-bond acceptors (Lipinski definition) is 3. The van der Waals surface area contributed by atoms with Gasteiger partial charge in [-0.25, -0.2) is 0 Å². The molecule has 0 aromatic rings. The molecule has 0 bridgehead atoms. The average molecular weight is 209 g/mol. The Labute approximate surface area is 91.2 Å². The van der Waals surface area contributed by atoms with Crippen LogP contribution in [0.2, 0.25) is 0 Å². The number of nitrogens with one attached hydrogen (secondary N) is 1. The van der Waals surface area contributed by atoms with Gasteiger partial charge in [0.1, 0.15) is 0 Å². The van der Waals surface area contributed by atoms with E-state index in [1.807, 2.05) is 6.92 Å². The molecule has 0 radical (unpaired) electrons. The quantitative estimate of drug-likeness (QED) is 0.702. The lowest BCUT2D eigenvalue weighted by atomic mass is 10.0. The molecule has 0 aromatic heterocycles. The van der Waals surface area contributed by atoms with Crippen molar-refractivity contribution in [3.05, 3.63) is 0 Å². The molecular formula is C11H19N3O. The second kappa shape index (κ2) is 5.13. The first kappa shape index (κ1) is 12.0. The third kappa shape index (κ3) is 3.52. The zero-order valence-electron chi connectivity index (χ0n) is 9.55. The van der Waals surface area contributed by atoms with Gasteiger partial charge in [-0.3, -0.25) is 4.79 Å². The predicted octanol–water partition coefficient (Wildman–Crippen LogP) is 0.748. The summed E-state index contributed by atoms with van der Waals surface area (Å²) in [6.45, 7) is 3.88. The number of nitriles is 1. The molecule has 0 aliphatic heterocycles. The lowest BCUT2D eigenvalue weighted by molar-refractivity contribution is -0.128. The Bertz CT molecular complexity index is 265. The zero-order valence-corrected chi connectivity index (χ0v) is 9.55. The fourth-order valence-corrected chi connectivity index (χ4v) is 1.51.